The summed E-state index contributed by atoms with van der Waals surface area (Å²) < 4.78 is 23.4. The summed E-state index contributed by atoms with van der Waals surface area (Å²) in [7, 11) is -3.18. The summed E-state index contributed by atoms with van der Waals surface area (Å²) in [6, 6.07) is 5.11. The van der Waals surface area contributed by atoms with Gasteiger partial charge in [0.15, 0.2) is 15.3 Å². The molecule has 1 aromatic carbocycles. The predicted molar refractivity (Wildman–Crippen MR) is 51.6 cm³/mol. The van der Waals surface area contributed by atoms with Crippen molar-refractivity contribution in [1.82, 2.24) is 4.98 Å². The van der Waals surface area contributed by atoms with Crippen molar-refractivity contribution in [2.24, 2.45) is 0 Å². The van der Waals surface area contributed by atoms with Crippen molar-refractivity contribution < 1.29 is 8.42 Å². The van der Waals surface area contributed by atoms with Crippen molar-refractivity contribution >= 4 is 31.4 Å². The first-order chi connectivity index (χ1) is 6.09. The van der Waals surface area contributed by atoms with Gasteiger partial charge in [0.1, 0.15) is 5.52 Å². The van der Waals surface area contributed by atoms with Gasteiger partial charge in [-0.1, -0.05) is 6.07 Å². The van der Waals surface area contributed by atoms with Gasteiger partial charge < -0.3 is 0 Å². The van der Waals surface area contributed by atoms with Gasteiger partial charge in [-0.05, 0) is 12.1 Å². The zero-order valence-electron chi connectivity index (χ0n) is 6.81. The molecule has 0 unspecified atom stereocenters. The minimum atomic E-state index is -3.18. The van der Waals surface area contributed by atoms with Crippen LogP contribution in [0.5, 0.6) is 0 Å². The maximum Gasteiger partial charge on any atom is 0.177 e. The Bertz CT molecular complexity index is 542. The van der Waals surface area contributed by atoms with Crippen LogP contribution in [0, 0.1) is 5.51 Å². The average Bonchev–Trinajstić information content (AvgIpc) is 2.48. The van der Waals surface area contributed by atoms with Crippen molar-refractivity contribution in [3.05, 3.63) is 23.7 Å². The van der Waals surface area contributed by atoms with Crippen LogP contribution >= 0.6 is 11.3 Å². The van der Waals surface area contributed by atoms with Crippen LogP contribution in [0.3, 0.4) is 0 Å². The highest BCUT2D eigenvalue weighted by Gasteiger charge is 2.12. The number of thiazole rings is 1. The molecule has 13 heavy (non-hydrogen) atoms. The molecule has 2 aromatic rings. The number of hydrogen-bond donors (Lipinski definition) is 0. The molecule has 67 valence electrons. The second-order valence-corrected chi connectivity index (χ2v) is 5.49. The molecule has 0 bridgehead atoms. The molecule has 0 aliphatic heterocycles. The normalized spacial score (nSPS) is 12.1. The van der Waals surface area contributed by atoms with Crippen molar-refractivity contribution in [3.63, 3.8) is 0 Å². The Kier molecular flexibility index (Phi) is 1.85. The number of benzene rings is 1. The highest BCUT2D eigenvalue weighted by atomic mass is 32.2. The number of rotatable bonds is 1. The Balaban J connectivity index is 2.91. The second-order valence-electron chi connectivity index (χ2n) is 2.68. The number of para-hydroxylation sites is 1. The SMILES string of the molecule is CS(=O)(=O)c1cccc2s[c]nc12. The minimum absolute atomic E-state index is 0.280. The quantitative estimate of drug-likeness (QED) is 0.719. The second kappa shape index (κ2) is 2.78. The molecule has 3 nitrogen and oxygen atoms in total. The molecule has 0 saturated carbocycles. The average molecular weight is 212 g/mol. The van der Waals surface area contributed by atoms with Crippen molar-refractivity contribution in [3.8, 4) is 0 Å². The van der Waals surface area contributed by atoms with E-state index in [0.717, 1.165) is 4.70 Å². The molecule has 5 heteroatoms. The molecular weight excluding hydrogens is 206 g/mol. The lowest BCUT2D eigenvalue weighted by Gasteiger charge is -1.97. The summed E-state index contributed by atoms with van der Waals surface area (Å²) >= 11 is 1.32. The van der Waals surface area contributed by atoms with E-state index in [9.17, 15) is 8.42 Å². The van der Waals surface area contributed by atoms with E-state index in [-0.39, 0.29) is 4.90 Å². The molecule has 0 fully saturated rings. The van der Waals surface area contributed by atoms with Crippen molar-refractivity contribution in [1.29, 1.82) is 0 Å². The first-order valence-electron chi connectivity index (χ1n) is 3.55. The van der Waals surface area contributed by atoms with Crippen LogP contribution in [0.4, 0.5) is 0 Å². The number of fused-ring (bicyclic) bond motifs is 1. The number of sulfone groups is 1. The largest absolute Gasteiger partial charge is 0.232 e. The molecule has 1 radical (unpaired) electrons. The summed E-state index contributed by atoms with van der Waals surface area (Å²) in [5.74, 6) is 0. The monoisotopic (exact) mass is 212 g/mol. The van der Waals surface area contributed by atoms with Crippen LogP contribution < -0.4 is 0 Å². The lowest BCUT2D eigenvalue weighted by Crippen LogP contribution is -1.97. The summed E-state index contributed by atoms with van der Waals surface area (Å²) in [5.41, 5.74) is 3.20. The summed E-state index contributed by atoms with van der Waals surface area (Å²) in [6.07, 6.45) is 1.18. The van der Waals surface area contributed by atoms with Gasteiger partial charge in [-0.25, -0.2) is 13.4 Å². The van der Waals surface area contributed by atoms with E-state index in [1.165, 1.54) is 17.6 Å². The Morgan fingerprint density at radius 1 is 1.46 bits per heavy atom. The lowest BCUT2D eigenvalue weighted by atomic mass is 10.3. The standard InChI is InChI=1S/C8H6NO2S2/c1-13(10,11)7-4-2-3-6-8(7)9-5-12-6/h2-4H,1H3. The lowest BCUT2D eigenvalue weighted by molar-refractivity contribution is 0.602. The first kappa shape index (κ1) is 8.65. The van der Waals surface area contributed by atoms with Gasteiger partial charge in [-0.15, -0.1) is 11.3 Å². The molecule has 0 N–H and O–H groups in total. The zero-order chi connectivity index (χ0) is 9.47. The highest BCUT2D eigenvalue weighted by molar-refractivity contribution is 7.91. The van der Waals surface area contributed by atoms with Crippen LogP contribution in [0.1, 0.15) is 0 Å². The molecule has 0 atom stereocenters. The fourth-order valence-electron chi connectivity index (χ4n) is 1.11. The van der Waals surface area contributed by atoms with E-state index in [2.05, 4.69) is 10.5 Å². The summed E-state index contributed by atoms with van der Waals surface area (Å²) in [6.45, 7) is 0. The van der Waals surface area contributed by atoms with Gasteiger partial charge in [-0.2, -0.15) is 0 Å². The van der Waals surface area contributed by atoms with Gasteiger partial charge in [-0.3, -0.25) is 0 Å². The van der Waals surface area contributed by atoms with E-state index in [0.29, 0.717) is 5.52 Å². The zero-order valence-corrected chi connectivity index (χ0v) is 8.45. The molecule has 1 aromatic heterocycles. The van der Waals surface area contributed by atoms with Crippen molar-refractivity contribution in [2.45, 2.75) is 4.90 Å². The summed E-state index contributed by atoms with van der Waals surface area (Å²) in [4.78, 5) is 4.18. The van der Waals surface area contributed by atoms with Crippen LogP contribution in [0.15, 0.2) is 23.1 Å². The number of hydrogen-bond acceptors (Lipinski definition) is 4. The van der Waals surface area contributed by atoms with Crippen LogP contribution in [0.25, 0.3) is 10.2 Å². The van der Waals surface area contributed by atoms with Crippen LogP contribution in [0.2, 0.25) is 0 Å². The third-order valence-corrected chi connectivity index (χ3v) is 3.53. The topological polar surface area (TPSA) is 47.0 Å². The van der Waals surface area contributed by atoms with Gasteiger partial charge in [0.05, 0.1) is 9.60 Å². The fraction of sp³-hybridized carbons (Fsp3) is 0.125. The van der Waals surface area contributed by atoms with Crippen LogP contribution in [-0.2, 0) is 9.84 Å². The predicted octanol–water partition coefficient (Wildman–Crippen LogP) is 1.50. The fourth-order valence-corrected chi connectivity index (χ4v) is 2.64. The molecule has 0 spiro atoms. The third-order valence-electron chi connectivity index (χ3n) is 1.67. The van der Waals surface area contributed by atoms with Gasteiger partial charge in [0.2, 0.25) is 0 Å². The maximum absolute atomic E-state index is 11.3. The summed E-state index contributed by atoms with van der Waals surface area (Å²) in [5, 5.41) is 0. The van der Waals surface area contributed by atoms with E-state index < -0.39 is 9.84 Å². The van der Waals surface area contributed by atoms with E-state index in [4.69, 9.17) is 0 Å². The number of nitrogens with zero attached hydrogens (tertiary/aromatic N) is 1. The smallest absolute Gasteiger partial charge is 0.177 e. The molecule has 1 heterocycles. The van der Waals surface area contributed by atoms with Gasteiger partial charge in [0, 0.05) is 6.26 Å². The highest BCUT2D eigenvalue weighted by Crippen LogP contribution is 2.23. The Morgan fingerprint density at radius 2 is 2.23 bits per heavy atom. The molecule has 2 rings (SSSR count). The molecular formula is C8H6NO2S2. The Morgan fingerprint density at radius 3 is 2.92 bits per heavy atom. The first-order valence-corrected chi connectivity index (χ1v) is 6.25. The molecule has 0 aliphatic rings. The molecule has 0 amide bonds. The van der Waals surface area contributed by atoms with E-state index in [1.807, 2.05) is 6.07 Å². The van der Waals surface area contributed by atoms with E-state index in [1.54, 1.807) is 12.1 Å². The Labute approximate surface area is 80.0 Å². The van der Waals surface area contributed by atoms with Crippen molar-refractivity contribution in [2.75, 3.05) is 6.26 Å². The maximum atomic E-state index is 11.3. The number of aromatic nitrogens is 1. The van der Waals surface area contributed by atoms with Gasteiger partial charge in [0.25, 0.3) is 0 Å². The van der Waals surface area contributed by atoms with Crippen LogP contribution in [-0.4, -0.2) is 19.7 Å². The third kappa shape index (κ3) is 1.45. The molecule has 0 aliphatic carbocycles. The minimum Gasteiger partial charge on any atom is -0.232 e. The van der Waals surface area contributed by atoms with Gasteiger partial charge >= 0.3 is 0 Å². The molecule has 0 saturated heterocycles. The van der Waals surface area contributed by atoms with E-state index >= 15 is 0 Å². The Hall–Kier alpha value is -0.940.